The van der Waals surface area contributed by atoms with E-state index in [9.17, 15) is 18.0 Å². The molecule has 0 saturated carbocycles. The summed E-state index contributed by atoms with van der Waals surface area (Å²) in [6.07, 6.45) is -4.07. The van der Waals surface area contributed by atoms with Gasteiger partial charge in [0.05, 0.1) is 10.6 Å². The summed E-state index contributed by atoms with van der Waals surface area (Å²) < 4.78 is 42.6. The van der Waals surface area contributed by atoms with Crippen LogP contribution in [-0.4, -0.2) is 36.0 Å². The number of carbonyl (C=O) groups excluding carboxylic acids is 1. The Labute approximate surface area is 125 Å². The Balaban J connectivity index is 2.55. The lowest BCUT2D eigenvalue weighted by atomic mass is 10.2. The number of carbonyl (C=O) groups is 1. The topological polar surface area (TPSA) is 55.6 Å². The molecule has 0 aliphatic carbocycles. The summed E-state index contributed by atoms with van der Waals surface area (Å²) >= 11 is 4.69. The van der Waals surface area contributed by atoms with Gasteiger partial charge in [-0.2, -0.15) is 13.2 Å². The molecule has 8 heteroatoms. The largest absolute Gasteiger partial charge is 0.484 e. The number of hydrogen-bond acceptors (Lipinski definition) is 3. The van der Waals surface area contributed by atoms with Crippen LogP contribution in [0.4, 0.5) is 13.2 Å². The Morgan fingerprint density at radius 1 is 1.43 bits per heavy atom. The van der Waals surface area contributed by atoms with Crippen LogP contribution >= 0.6 is 12.2 Å². The van der Waals surface area contributed by atoms with Crippen molar-refractivity contribution in [2.24, 2.45) is 5.73 Å². The van der Waals surface area contributed by atoms with Crippen LogP contribution in [0.1, 0.15) is 12.0 Å². The summed E-state index contributed by atoms with van der Waals surface area (Å²) in [6.45, 7) is -0.0186. The third-order valence-electron chi connectivity index (χ3n) is 2.64. The summed E-state index contributed by atoms with van der Waals surface area (Å²) in [5.74, 6) is -0.385. The van der Waals surface area contributed by atoms with Gasteiger partial charge in [-0.3, -0.25) is 4.79 Å². The van der Waals surface area contributed by atoms with E-state index < -0.39 is 11.7 Å². The van der Waals surface area contributed by atoms with E-state index in [1.54, 1.807) is 0 Å². The van der Waals surface area contributed by atoms with Crippen LogP contribution in [0.15, 0.2) is 24.3 Å². The second kappa shape index (κ2) is 7.26. The molecule has 0 aliphatic heterocycles. The second-order valence-electron chi connectivity index (χ2n) is 4.35. The molecule has 0 aromatic heterocycles. The highest BCUT2D eigenvalue weighted by molar-refractivity contribution is 7.80. The molecule has 2 N–H and O–H groups in total. The second-order valence-corrected chi connectivity index (χ2v) is 4.87. The summed E-state index contributed by atoms with van der Waals surface area (Å²) in [6, 6.07) is 4.36. The summed E-state index contributed by atoms with van der Waals surface area (Å²) in [4.78, 5) is 13.3. The maximum atomic E-state index is 12.5. The quantitative estimate of drug-likeness (QED) is 0.817. The van der Waals surface area contributed by atoms with E-state index >= 15 is 0 Å². The maximum absolute atomic E-state index is 12.5. The van der Waals surface area contributed by atoms with Gasteiger partial charge in [0, 0.05) is 20.0 Å². The van der Waals surface area contributed by atoms with Crippen molar-refractivity contribution in [2.45, 2.75) is 12.6 Å². The molecule has 0 radical (unpaired) electrons. The van der Waals surface area contributed by atoms with Crippen LogP contribution in [0.5, 0.6) is 5.75 Å². The molecule has 116 valence electrons. The number of amides is 1. The SMILES string of the molecule is CN(CCC(N)=S)C(=O)COc1cccc(C(F)(F)F)c1. The normalized spacial score (nSPS) is 11.0. The van der Waals surface area contributed by atoms with Crippen LogP contribution in [0.2, 0.25) is 0 Å². The molecular weight excluding hydrogens is 305 g/mol. The highest BCUT2D eigenvalue weighted by Crippen LogP contribution is 2.31. The van der Waals surface area contributed by atoms with E-state index in [1.807, 2.05) is 0 Å². The number of nitrogens with two attached hydrogens (primary N) is 1. The van der Waals surface area contributed by atoms with Crippen LogP contribution in [0.3, 0.4) is 0 Å². The predicted octanol–water partition coefficient (Wildman–Crippen LogP) is 2.22. The van der Waals surface area contributed by atoms with E-state index in [4.69, 9.17) is 22.7 Å². The smallest absolute Gasteiger partial charge is 0.416 e. The average Bonchev–Trinajstić information content (AvgIpc) is 2.41. The van der Waals surface area contributed by atoms with Gasteiger partial charge in [-0.05, 0) is 18.2 Å². The molecule has 1 aromatic rings. The fraction of sp³-hybridized carbons (Fsp3) is 0.385. The van der Waals surface area contributed by atoms with Gasteiger partial charge in [-0.1, -0.05) is 18.3 Å². The first kappa shape index (κ1) is 17.2. The number of alkyl halides is 3. The minimum Gasteiger partial charge on any atom is -0.484 e. The maximum Gasteiger partial charge on any atom is 0.416 e. The monoisotopic (exact) mass is 320 g/mol. The highest BCUT2D eigenvalue weighted by atomic mass is 32.1. The van der Waals surface area contributed by atoms with Crippen molar-refractivity contribution in [3.63, 3.8) is 0 Å². The van der Waals surface area contributed by atoms with Crippen molar-refractivity contribution >= 4 is 23.1 Å². The van der Waals surface area contributed by atoms with Crippen LogP contribution in [0.25, 0.3) is 0 Å². The number of hydrogen-bond donors (Lipinski definition) is 1. The number of benzene rings is 1. The summed E-state index contributed by atoms with van der Waals surface area (Å²) in [5, 5.41) is 0. The fourth-order valence-electron chi connectivity index (χ4n) is 1.42. The van der Waals surface area contributed by atoms with E-state index in [0.29, 0.717) is 13.0 Å². The fourth-order valence-corrected chi connectivity index (χ4v) is 1.51. The van der Waals surface area contributed by atoms with Crippen molar-refractivity contribution in [2.75, 3.05) is 20.2 Å². The molecule has 0 saturated heterocycles. The summed E-state index contributed by atoms with van der Waals surface area (Å²) in [5.41, 5.74) is 4.49. The Morgan fingerprint density at radius 3 is 2.67 bits per heavy atom. The number of nitrogens with zero attached hydrogens (tertiary/aromatic N) is 1. The van der Waals surface area contributed by atoms with Crippen molar-refractivity contribution in [3.05, 3.63) is 29.8 Å². The molecule has 0 aliphatic rings. The van der Waals surface area contributed by atoms with Crippen LogP contribution < -0.4 is 10.5 Å². The van der Waals surface area contributed by atoms with Gasteiger partial charge in [0.15, 0.2) is 6.61 Å². The van der Waals surface area contributed by atoms with Gasteiger partial charge < -0.3 is 15.4 Å². The first-order valence-corrected chi connectivity index (χ1v) is 6.43. The molecule has 4 nitrogen and oxygen atoms in total. The molecule has 1 aromatic carbocycles. The molecule has 1 amide bonds. The highest BCUT2D eigenvalue weighted by Gasteiger charge is 2.30. The molecule has 1 rings (SSSR count). The van der Waals surface area contributed by atoms with Gasteiger partial charge >= 0.3 is 6.18 Å². The zero-order chi connectivity index (χ0) is 16.0. The first-order chi connectivity index (χ1) is 9.70. The molecular formula is C13H15F3N2O2S. The van der Waals surface area contributed by atoms with Crippen molar-refractivity contribution in [1.29, 1.82) is 0 Å². The number of likely N-dealkylation sites (N-methyl/N-ethyl adjacent to an activating group) is 1. The minimum atomic E-state index is -4.45. The van der Waals surface area contributed by atoms with Crippen molar-refractivity contribution < 1.29 is 22.7 Å². The standard InChI is InChI=1S/C13H15F3N2O2S/c1-18(6-5-11(17)21)12(19)8-20-10-4-2-3-9(7-10)13(14,15)16/h2-4,7H,5-6,8H2,1H3,(H2,17,21). The number of halogens is 3. The molecule has 0 spiro atoms. The molecule has 0 unspecified atom stereocenters. The predicted molar refractivity (Wildman–Crippen MR) is 76.0 cm³/mol. The number of thiocarbonyl (C=S) groups is 1. The van der Waals surface area contributed by atoms with Crippen LogP contribution in [0, 0.1) is 0 Å². The zero-order valence-electron chi connectivity index (χ0n) is 11.3. The zero-order valence-corrected chi connectivity index (χ0v) is 12.1. The molecule has 0 bridgehead atoms. The number of ether oxygens (including phenoxy) is 1. The Hall–Kier alpha value is -1.83. The van der Waals surface area contributed by atoms with Gasteiger partial charge in [0.25, 0.3) is 5.91 Å². The minimum absolute atomic E-state index is 0.0130. The lowest BCUT2D eigenvalue weighted by Gasteiger charge is -2.17. The third-order valence-corrected chi connectivity index (χ3v) is 2.85. The Bertz CT molecular complexity index is 520. The average molecular weight is 320 g/mol. The van der Waals surface area contributed by atoms with Gasteiger partial charge in [0.2, 0.25) is 0 Å². The molecule has 0 atom stereocenters. The van der Waals surface area contributed by atoms with Crippen molar-refractivity contribution in [1.82, 2.24) is 4.90 Å². The summed E-state index contributed by atoms with van der Waals surface area (Å²) in [7, 11) is 1.54. The molecule has 21 heavy (non-hydrogen) atoms. The van der Waals surface area contributed by atoms with Crippen LogP contribution in [-0.2, 0) is 11.0 Å². The van der Waals surface area contributed by atoms with E-state index in [1.165, 1.54) is 24.1 Å². The third kappa shape index (κ3) is 5.99. The van der Waals surface area contributed by atoms with E-state index in [-0.39, 0.29) is 23.3 Å². The Morgan fingerprint density at radius 2 is 2.10 bits per heavy atom. The lowest BCUT2D eigenvalue weighted by molar-refractivity contribution is -0.137. The van der Waals surface area contributed by atoms with E-state index in [0.717, 1.165) is 12.1 Å². The molecule has 0 fully saturated rings. The lowest BCUT2D eigenvalue weighted by Crippen LogP contribution is -2.33. The molecule has 0 heterocycles. The van der Waals surface area contributed by atoms with Gasteiger partial charge in [-0.15, -0.1) is 0 Å². The van der Waals surface area contributed by atoms with Gasteiger partial charge in [-0.25, -0.2) is 0 Å². The number of rotatable bonds is 6. The van der Waals surface area contributed by atoms with Crippen molar-refractivity contribution in [3.8, 4) is 5.75 Å². The Kier molecular flexibility index (Phi) is 5.95. The van der Waals surface area contributed by atoms with E-state index in [2.05, 4.69) is 0 Å². The van der Waals surface area contributed by atoms with Gasteiger partial charge in [0.1, 0.15) is 5.75 Å². The first-order valence-electron chi connectivity index (χ1n) is 6.02.